The third-order valence-corrected chi connectivity index (χ3v) is 5.58. The lowest BCUT2D eigenvalue weighted by Gasteiger charge is -2.23. The molecule has 0 bridgehead atoms. The molecule has 2 aromatic carbocycles. The van der Waals surface area contributed by atoms with E-state index >= 15 is 0 Å². The van der Waals surface area contributed by atoms with Crippen molar-refractivity contribution in [1.82, 2.24) is 9.55 Å². The number of methoxy groups -OCH3 is 2. The highest BCUT2D eigenvalue weighted by atomic mass is 35.5. The van der Waals surface area contributed by atoms with E-state index in [0.29, 0.717) is 51.0 Å². The Bertz CT molecular complexity index is 1160. The van der Waals surface area contributed by atoms with Gasteiger partial charge in [-0.15, -0.1) is 12.4 Å². The summed E-state index contributed by atoms with van der Waals surface area (Å²) in [5.74, 6) is 1.56. The molecule has 3 aromatic rings. The quantitative estimate of drug-likeness (QED) is 0.517. The van der Waals surface area contributed by atoms with E-state index in [-0.39, 0.29) is 18.1 Å². The first-order valence-corrected chi connectivity index (χ1v) is 9.83. The van der Waals surface area contributed by atoms with Gasteiger partial charge < -0.3 is 14.8 Å². The Hall–Kier alpha value is -2.12. The minimum absolute atomic E-state index is 0. The Morgan fingerprint density at radius 2 is 1.63 bits per heavy atom. The molecule has 158 valence electrons. The summed E-state index contributed by atoms with van der Waals surface area (Å²) in [5.41, 5.74) is 2.71. The van der Waals surface area contributed by atoms with Crippen LogP contribution >= 0.6 is 47.2 Å². The molecule has 1 aromatic heterocycles. The van der Waals surface area contributed by atoms with Gasteiger partial charge in [0.15, 0.2) is 11.5 Å². The summed E-state index contributed by atoms with van der Waals surface area (Å²) in [6.45, 7) is 0.520. The Morgan fingerprint density at radius 1 is 1.00 bits per heavy atom. The van der Waals surface area contributed by atoms with Crippen LogP contribution in [0.3, 0.4) is 0 Å². The van der Waals surface area contributed by atoms with Crippen LogP contribution in [-0.4, -0.2) is 23.8 Å². The van der Waals surface area contributed by atoms with Crippen LogP contribution in [-0.2, 0) is 13.0 Å². The highest BCUT2D eigenvalue weighted by Gasteiger charge is 2.22. The molecule has 1 aliphatic heterocycles. The fourth-order valence-electron chi connectivity index (χ4n) is 3.40. The summed E-state index contributed by atoms with van der Waals surface area (Å²) >= 11 is 18.5. The van der Waals surface area contributed by atoms with Crippen LogP contribution in [0.25, 0.3) is 11.3 Å². The van der Waals surface area contributed by atoms with E-state index in [0.717, 1.165) is 16.8 Å². The zero-order valence-corrected chi connectivity index (χ0v) is 19.0. The molecule has 0 atom stereocenters. The van der Waals surface area contributed by atoms with Crippen LogP contribution in [0.15, 0.2) is 35.1 Å². The van der Waals surface area contributed by atoms with Crippen molar-refractivity contribution in [3.05, 3.63) is 61.4 Å². The molecular weight excluding hydrogens is 472 g/mol. The number of anilines is 2. The van der Waals surface area contributed by atoms with E-state index < -0.39 is 0 Å². The molecule has 30 heavy (non-hydrogen) atoms. The van der Waals surface area contributed by atoms with Crippen LogP contribution in [0.5, 0.6) is 11.5 Å². The summed E-state index contributed by atoms with van der Waals surface area (Å²) in [7, 11) is 3.17. The maximum Gasteiger partial charge on any atom is 0.350 e. The van der Waals surface area contributed by atoms with E-state index in [1.807, 2.05) is 12.1 Å². The summed E-state index contributed by atoms with van der Waals surface area (Å²) in [6, 6.07) is 8.71. The Balaban J connectivity index is 0.00000256. The number of nitrogens with zero attached hydrogens (tertiary/aromatic N) is 2. The smallest absolute Gasteiger partial charge is 0.350 e. The molecule has 0 unspecified atom stereocenters. The van der Waals surface area contributed by atoms with Gasteiger partial charge in [-0.2, -0.15) is 4.98 Å². The van der Waals surface area contributed by atoms with Gasteiger partial charge in [-0.05, 0) is 36.2 Å². The molecule has 2 heterocycles. The van der Waals surface area contributed by atoms with Gasteiger partial charge in [0.1, 0.15) is 5.82 Å². The summed E-state index contributed by atoms with van der Waals surface area (Å²) in [4.78, 5) is 16.8. The van der Waals surface area contributed by atoms with Gasteiger partial charge in [0, 0.05) is 23.2 Å². The number of hydrogen-bond donors (Lipinski definition) is 1. The van der Waals surface area contributed by atoms with E-state index in [2.05, 4.69) is 10.3 Å². The number of benzene rings is 2. The summed E-state index contributed by atoms with van der Waals surface area (Å²) in [5, 5.41) is 4.11. The second-order valence-electron chi connectivity index (χ2n) is 6.44. The number of rotatable bonds is 4. The predicted octanol–water partition coefficient (Wildman–Crippen LogP) is 5.61. The lowest BCUT2D eigenvalue weighted by Crippen LogP contribution is -2.28. The van der Waals surface area contributed by atoms with E-state index in [1.165, 1.54) is 0 Å². The van der Waals surface area contributed by atoms with Gasteiger partial charge in [0.2, 0.25) is 0 Å². The van der Waals surface area contributed by atoms with Crippen LogP contribution < -0.4 is 20.5 Å². The molecule has 0 amide bonds. The van der Waals surface area contributed by atoms with Gasteiger partial charge in [-0.25, -0.2) is 4.79 Å². The minimum Gasteiger partial charge on any atom is -0.493 e. The Kier molecular flexibility index (Phi) is 6.72. The van der Waals surface area contributed by atoms with Crippen molar-refractivity contribution in [2.45, 2.75) is 13.0 Å². The maximum absolute atomic E-state index is 12.7. The fraction of sp³-hybridized carbons (Fsp3) is 0.200. The van der Waals surface area contributed by atoms with Gasteiger partial charge >= 0.3 is 5.69 Å². The number of ether oxygens (including phenoxy) is 2. The first-order valence-electron chi connectivity index (χ1n) is 8.70. The summed E-state index contributed by atoms with van der Waals surface area (Å²) < 4.78 is 12.4. The highest BCUT2D eigenvalue weighted by molar-refractivity contribution is 6.41. The molecule has 1 aliphatic rings. The number of aromatic nitrogens is 2. The third-order valence-electron chi connectivity index (χ3n) is 4.76. The number of hydrogen-bond acceptors (Lipinski definition) is 5. The first kappa shape index (κ1) is 22.6. The Morgan fingerprint density at radius 3 is 2.27 bits per heavy atom. The topological polar surface area (TPSA) is 65.4 Å². The molecular formula is C20H17Cl4N3O3. The number of aryl methyl sites for hydroxylation is 1. The Labute approximate surface area is 194 Å². The molecule has 0 aliphatic carbocycles. The van der Waals surface area contributed by atoms with Crippen LogP contribution in [0.4, 0.5) is 11.5 Å². The van der Waals surface area contributed by atoms with Crippen molar-refractivity contribution >= 4 is 58.7 Å². The highest BCUT2D eigenvalue weighted by Crippen LogP contribution is 2.39. The normalized spacial score (nSPS) is 11.8. The molecule has 10 heteroatoms. The average Bonchev–Trinajstić information content (AvgIpc) is 2.69. The van der Waals surface area contributed by atoms with Crippen molar-refractivity contribution in [3.63, 3.8) is 0 Å². The number of fused-ring (bicyclic) bond motifs is 3. The molecule has 4 rings (SSSR count). The minimum atomic E-state index is -0.369. The largest absolute Gasteiger partial charge is 0.493 e. The van der Waals surface area contributed by atoms with Crippen LogP contribution in [0.1, 0.15) is 5.56 Å². The second-order valence-corrected chi connectivity index (χ2v) is 7.70. The van der Waals surface area contributed by atoms with Crippen molar-refractivity contribution in [3.8, 4) is 22.8 Å². The lowest BCUT2D eigenvalue weighted by atomic mass is 9.97. The van der Waals surface area contributed by atoms with Gasteiger partial charge in [0.05, 0.1) is 35.6 Å². The monoisotopic (exact) mass is 487 g/mol. The van der Waals surface area contributed by atoms with E-state index in [4.69, 9.17) is 44.3 Å². The van der Waals surface area contributed by atoms with Gasteiger partial charge in [-0.3, -0.25) is 4.57 Å². The molecule has 6 nitrogen and oxygen atoms in total. The zero-order valence-electron chi connectivity index (χ0n) is 16.0. The van der Waals surface area contributed by atoms with Crippen LogP contribution in [0.2, 0.25) is 15.1 Å². The van der Waals surface area contributed by atoms with E-state index in [1.54, 1.807) is 37.0 Å². The van der Waals surface area contributed by atoms with Crippen LogP contribution in [0, 0.1) is 0 Å². The number of nitrogens with one attached hydrogen (secondary N) is 1. The summed E-state index contributed by atoms with van der Waals surface area (Å²) in [6.07, 6.45) is 0.686. The molecule has 0 saturated carbocycles. The molecule has 1 N–H and O–H groups in total. The fourth-order valence-corrected chi connectivity index (χ4v) is 4.31. The van der Waals surface area contributed by atoms with Gasteiger partial charge in [0.25, 0.3) is 0 Å². The standard InChI is InChI=1S/C20H16Cl3N3O3.ClH/c1-28-16-5-10-3-4-26-15(12(10)8-17(16)29-2)9-18(25-20(26)27)24-19-13(22)6-11(21)7-14(19)23;/h5-9H,3-4H2,1-2H3,(H,24,25,27);1H. The predicted molar refractivity (Wildman–Crippen MR) is 123 cm³/mol. The SMILES string of the molecule is COc1cc2c(cc1OC)-c1cc(Nc3c(Cl)cc(Cl)cc3Cl)nc(=O)n1CC2.Cl. The molecule has 0 radical (unpaired) electrons. The lowest BCUT2D eigenvalue weighted by molar-refractivity contribution is 0.354. The third kappa shape index (κ3) is 4.05. The zero-order chi connectivity index (χ0) is 20.7. The molecule has 0 saturated heterocycles. The first-order chi connectivity index (χ1) is 13.9. The van der Waals surface area contributed by atoms with Crippen molar-refractivity contribution < 1.29 is 9.47 Å². The van der Waals surface area contributed by atoms with Crippen molar-refractivity contribution in [2.75, 3.05) is 19.5 Å². The average molecular weight is 489 g/mol. The van der Waals surface area contributed by atoms with Gasteiger partial charge in [-0.1, -0.05) is 34.8 Å². The number of halogens is 4. The molecule has 0 fully saturated rings. The van der Waals surface area contributed by atoms with E-state index in [9.17, 15) is 4.79 Å². The van der Waals surface area contributed by atoms with Crippen molar-refractivity contribution in [1.29, 1.82) is 0 Å². The van der Waals surface area contributed by atoms with Crippen molar-refractivity contribution in [2.24, 2.45) is 0 Å². The maximum atomic E-state index is 12.7. The second kappa shape index (κ2) is 8.94. The molecule has 0 spiro atoms.